The van der Waals surface area contributed by atoms with E-state index < -0.39 is 0 Å². The molecule has 1 fully saturated rings. The molecule has 0 saturated carbocycles. The fourth-order valence-electron chi connectivity index (χ4n) is 1.86. The number of hydrogen-bond acceptors (Lipinski definition) is 4. The summed E-state index contributed by atoms with van der Waals surface area (Å²) in [5.41, 5.74) is 0. The summed E-state index contributed by atoms with van der Waals surface area (Å²) in [6.45, 7) is 6.14. The number of morpholine rings is 1. The number of nitrogens with zero attached hydrogens (tertiary/aromatic N) is 2. The predicted molar refractivity (Wildman–Crippen MR) is 63.3 cm³/mol. The number of nitrogens with one attached hydrogen (secondary N) is 1. The molecule has 1 aliphatic heterocycles. The zero-order valence-electron chi connectivity index (χ0n) is 10.3. The SMILES string of the molecule is CN(C)CCCN(C)CC1COCCN1. The van der Waals surface area contributed by atoms with E-state index in [4.69, 9.17) is 4.74 Å². The van der Waals surface area contributed by atoms with Gasteiger partial charge >= 0.3 is 0 Å². The first kappa shape index (κ1) is 12.9. The van der Waals surface area contributed by atoms with Gasteiger partial charge in [-0.1, -0.05) is 0 Å². The van der Waals surface area contributed by atoms with Gasteiger partial charge in [0.05, 0.1) is 13.2 Å². The lowest BCUT2D eigenvalue weighted by atomic mass is 10.2. The van der Waals surface area contributed by atoms with Crippen LogP contribution in [0.15, 0.2) is 0 Å². The molecule has 4 heteroatoms. The zero-order chi connectivity index (χ0) is 11.1. The molecule has 0 amide bonds. The van der Waals surface area contributed by atoms with E-state index in [-0.39, 0.29) is 0 Å². The Kier molecular flexibility index (Phi) is 6.17. The maximum atomic E-state index is 5.43. The monoisotopic (exact) mass is 215 g/mol. The molecule has 1 rings (SSSR count). The van der Waals surface area contributed by atoms with Crippen molar-refractivity contribution < 1.29 is 4.74 Å². The molecule has 0 aliphatic carbocycles. The van der Waals surface area contributed by atoms with Crippen molar-refractivity contribution >= 4 is 0 Å². The van der Waals surface area contributed by atoms with E-state index in [0.29, 0.717) is 6.04 Å². The lowest BCUT2D eigenvalue weighted by molar-refractivity contribution is 0.0650. The van der Waals surface area contributed by atoms with Gasteiger partial charge in [-0.2, -0.15) is 0 Å². The van der Waals surface area contributed by atoms with Crippen LogP contribution < -0.4 is 5.32 Å². The van der Waals surface area contributed by atoms with Gasteiger partial charge < -0.3 is 19.9 Å². The van der Waals surface area contributed by atoms with Crippen molar-refractivity contribution in [3.8, 4) is 0 Å². The highest BCUT2D eigenvalue weighted by molar-refractivity contribution is 4.73. The molecule has 0 aromatic rings. The van der Waals surface area contributed by atoms with Gasteiger partial charge in [-0.25, -0.2) is 0 Å². The molecule has 90 valence electrons. The average molecular weight is 215 g/mol. The van der Waals surface area contributed by atoms with Crippen molar-refractivity contribution in [1.82, 2.24) is 15.1 Å². The summed E-state index contributed by atoms with van der Waals surface area (Å²) in [6, 6.07) is 0.517. The van der Waals surface area contributed by atoms with E-state index in [9.17, 15) is 0 Å². The van der Waals surface area contributed by atoms with E-state index in [1.165, 1.54) is 13.0 Å². The minimum absolute atomic E-state index is 0.517. The Bertz CT molecular complexity index is 158. The van der Waals surface area contributed by atoms with Gasteiger partial charge in [-0.15, -0.1) is 0 Å². The fraction of sp³-hybridized carbons (Fsp3) is 1.00. The van der Waals surface area contributed by atoms with Crippen LogP contribution in [0, 0.1) is 0 Å². The first-order valence-electron chi connectivity index (χ1n) is 5.83. The molecular weight excluding hydrogens is 190 g/mol. The highest BCUT2D eigenvalue weighted by Gasteiger charge is 2.14. The number of likely N-dealkylation sites (N-methyl/N-ethyl adjacent to an activating group) is 1. The van der Waals surface area contributed by atoms with E-state index in [1.807, 2.05) is 0 Å². The number of ether oxygens (including phenoxy) is 1. The van der Waals surface area contributed by atoms with Crippen molar-refractivity contribution in [2.75, 3.05) is 60.5 Å². The predicted octanol–water partition coefficient (Wildman–Crippen LogP) is -0.142. The molecule has 0 bridgehead atoms. The molecule has 1 saturated heterocycles. The van der Waals surface area contributed by atoms with Crippen LogP contribution in [0.4, 0.5) is 0 Å². The summed E-state index contributed by atoms with van der Waals surface area (Å²) in [6.07, 6.45) is 1.23. The minimum atomic E-state index is 0.517. The number of rotatable bonds is 6. The Morgan fingerprint density at radius 2 is 2.07 bits per heavy atom. The largest absolute Gasteiger partial charge is 0.378 e. The molecule has 1 unspecified atom stereocenters. The topological polar surface area (TPSA) is 27.7 Å². The Labute approximate surface area is 93.6 Å². The molecule has 1 N–H and O–H groups in total. The van der Waals surface area contributed by atoms with Crippen LogP contribution in [0.1, 0.15) is 6.42 Å². The molecule has 4 nitrogen and oxygen atoms in total. The van der Waals surface area contributed by atoms with E-state index in [2.05, 4.69) is 36.3 Å². The molecule has 0 radical (unpaired) electrons. The highest BCUT2D eigenvalue weighted by Crippen LogP contribution is 1.97. The Morgan fingerprint density at radius 1 is 1.27 bits per heavy atom. The molecule has 0 aromatic carbocycles. The maximum Gasteiger partial charge on any atom is 0.0632 e. The van der Waals surface area contributed by atoms with Gasteiger partial charge in [-0.05, 0) is 40.7 Å². The van der Waals surface area contributed by atoms with Crippen LogP contribution in [0.3, 0.4) is 0 Å². The summed E-state index contributed by atoms with van der Waals surface area (Å²) in [5.74, 6) is 0. The van der Waals surface area contributed by atoms with Crippen molar-refractivity contribution in [3.63, 3.8) is 0 Å². The summed E-state index contributed by atoms with van der Waals surface area (Å²) >= 11 is 0. The third kappa shape index (κ3) is 6.10. The smallest absolute Gasteiger partial charge is 0.0632 e. The second kappa shape index (κ2) is 7.17. The van der Waals surface area contributed by atoms with Gasteiger partial charge in [-0.3, -0.25) is 0 Å². The van der Waals surface area contributed by atoms with Crippen LogP contribution in [0.2, 0.25) is 0 Å². The van der Waals surface area contributed by atoms with Crippen LogP contribution >= 0.6 is 0 Å². The second-order valence-corrected chi connectivity index (χ2v) is 4.65. The van der Waals surface area contributed by atoms with Gasteiger partial charge in [0.25, 0.3) is 0 Å². The van der Waals surface area contributed by atoms with Crippen LogP contribution in [-0.2, 0) is 4.74 Å². The quantitative estimate of drug-likeness (QED) is 0.667. The van der Waals surface area contributed by atoms with Crippen molar-refractivity contribution in [2.45, 2.75) is 12.5 Å². The first-order valence-corrected chi connectivity index (χ1v) is 5.83. The normalized spacial score (nSPS) is 22.6. The molecule has 0 spiro atoms. The van der Waals surface area contributed by atoms with Crippen molar-refractivity contribution in [1.29, 1.82) is 0 Å². The maximum absolute atomic E-state index is 5.43. The summed E-state index contributed by atoms with van der Waals surface area (Å²) in [5, 5.41) is 3.47. The Hall–Kier alpha value is -0.160. The molecular formula is C11H25N3O. The Morgan fingerprint density at radius 3 is 2.67 bits per heavy atom. The van der Waals surface area contributed by atoms with E-state index in [1.54, 1.807) is 0 Å². The average Bonchev–Trinajstić information content (AvgIpc) is 2.18. The van der Waals surface area contributed by atoms with E-state index >= 15 is 0 Å². The zero-order valence-corrected chi connectivity index (χ0v) is 10.3. The molecule has 1 aliphatic rings. The van der Waals surface area contributed by atoms with Gasteiger partial charge in [0.2, 0.25) is 0 Å². The van der Waals surface area contributed by atoms with E-state index in [0.717, 1.165) is 32.8 Å². The van der Waals surface area contributed by atoms with Crippen LogP contribution in [-0.4, -0.2) is 76.4 Å². The minimum Gasteiger partial charge on any atom is -0.378 e. The lowest BCUT2D eigenvalue weighted by Gasteiger charge is -2.28. The third-order valence-corrected chi connectivity index (χ3v) is 2.68. The third-order valence-electron chi connectivity index (χ3n) is 2.68. The fourth-order valence-corrected chi connectivity index (χ4v) is 1.86. The lowest BCUT2D eigenvalue weighted by Crippen LogP contribution is -2.47. The highest BCUT2D eigenvalue weighted by atomic mass is 16.5. The molecule has 1 heterocycles. The standard InChI is InChI=1S/C11H25N3O/c1-13(2)6-4-7-14(3)9-11-10-15-8-5-12-11/h11-12H,4-10H2,1-3H3. The number of hydrogen-bond donors (Lipinski definition) is 1. The van der Waals surface area contributed by atoms with Crippen LogP contribution in [0.25, 0.3) is 0 Å². The second-order valence-electron chi connectivity index (χ2n) is 4.65. The van der Waals surface area contributed by atoms with Crippen LogP contribution in [0.5, 0.6) is 0 Å². The van der Waals surface area contributed by atoms with Gasteiger partial charge in [0.1, 0.15) is 0 Å². The summed E-state index contributed by atoms with van der Waals surface area (Å²) in [4.78, 5) is 4.62. The molecule has 1 atom stereocenters. The summed E-state index contributed by atoms with van der Waals surface area (Å²) < 4.78 is 5.43. The molecule has 15 heavy (non-hydrogen) atoms. The van der Waals surface area contributed by atoms with Gasteiger partial charge in [0, 0.05) is 19.1 Å². The molecule has 0 aromatic heterocycles. The summed E-state index contributed by atoms with van der Waals surface area (Å²) in [7, 11) is 6.43. The van der Waals surface area contributed by atoms with Crippen molar-refractivity contribution in [2.24, 2.45) is 0 Å². The Balaban J connectivity index is 2.03. The van der Waals surface area contributed by atoms with Gasteiger partial charge in [0.15, 0.2) is 0 Å². The first-order chi connectivity index (χ1) is 7.18. The van der Waals surface area contributed by atoms with Crippen molar-refractivity contribution in [3.05, 3.63) is 0 Å².